The number of carboxylic acid groups (broad SMARTS) is 2. The summed E-state index contributed by atoms with van der Waals surface area (Å²) in [5.41, 5.74) is 0. The van der Waals surface area contributed by atoms with Crippen LogP contribution in [0.4, 0.5) is 0 Å². The molecule has 1 radical (unpaired) electrons. The molecular formula is C5H7O4. The number of aliphatic carboxylic acids is 2. The van der Waals surface area contributed by atoms with Crippen LogP contribution in [0.3, 0.4) is 0 Å². The normalized spacial score (nSPS) is 12.6. The molecule has 1 unspecified atom stereocenters. The summed E-state index contributed by atoms with van der Waals surface area (Å²) in [4.78, 5) is 19.7. The third kappa shape index (κ3) is 3.52. The van der Waals surface area contributed by atoms with Crippen molar-refractivity contribution < 1.29 is 19.8 Å². The predicted octanol–water partition coefficient (Wildman–Crippen LogP) is -0.00401. The first kappa shape index (κ1) is 7.94. The van der Waals surface area contributed by atoms with Crippen molar-refractivity contribution in [3.05, 3.63) is 6.42 Å². The lowest BCUT2D eigenvalue weighted by atomic mass is 10.1. The second-order valence-electron chi connectivity index (χ2n) is 1.63. The van der Waals surface area contributed by atoms with E-state index < -0.39 is 17.9 Å². The molecule has 1 atom stereocenters. The van der Waals surface area contributed by atoms with Gasteiger partial charge in [0.2, 0.25) is 0 Å². The maximum atomic E-state index is 9.94. The molecule has 9 heavy (non-hydrogen) atoms. The molecule has 0 heterocycles. The topological polar surface area (TPSA) is 74.6 Å². The Hall–Kier alpha value is -1.06. The van der Waals surface area contributed by atoms with Crippen molar-refractivity contribution in [2.45, 2.75) is 6.92 Å². The number of carboxylic acids is 2. The van der Waals surface area contributed by atoms with Gasteiger partial charge in [-0.3, -0.25) is 9.59 Å². The highest BCUT2D eigenvalue weighted by atomic mass is 16.4. The SMILES string of the molecule is CC([CH]C(=O)O)C(=O)O. The minimum Gasteiger partial charge on any atom is -0.481 e. The quantitative estimate of drug-likeness (QED) is 0.565. The van der Waals surface area contributed by atoms with Gasteiger partial charge in [-0.2, -0.15) is 0 Å². The van der Waals surface area contributed by atoms with Crippen molar-refractivity contribution in [3.8, 4) is 0 Å². The fraction of sp³-hybridized carbons (Fsp3) is 0.400. The van der Waals surface area contributed by atoms with Crippen LogP contribution in [0.15, 0.2) is 0 Å². The zero-order valence-electron chi connectivity index (χ0n) is 4.87. The Morgan fingerprint density at radius 2 is 1.89 bits per heavy atom. The summed E-state index contributed by atoms with van der Waals surface area (Å²) < 4.78 is 0. The van der Waals surface area contributed by atoms with E-state index in [0.29, 0.717) is 0 Å². The Kier molecular flexibility index (Phi) is 2.70. The molecule has 0 aliphatic rings. The summed E-state index contributed by atoms with van der Waals surface area (Å²) in [5, 5.41) is 16.2. The molecule has 0 aromatic carbocycles. The van der Waals surface area contributed by atoms with Gasteiger partial charge in [0.1, 0.15) is 0 Å². The highest BCUT2D eigenvalue weighted by molar-refractivity contribution is 5.84. The summed E-state index contributed by atoms with van der Waals surface area (Å²) >= 11 is 0. The maximum absolute atomic E-state index is 9.94. The molecule has 0 rings (SSSR count). The van der Waals surface area contributed by atoms with E-state index in [2.05, 4.69) is 0 Å². The maximum Gasteiger partial charge on any atom is 0.308 e. The first-order valence-corrected chi connectivity index (χ1v) is 2.34. The summed E-state index contributed by atoms with van der Waals surface area (Å²) in [6.07, 6.45) is 0.725. The first-order valence-electron chi connectivity index (χ1n) is 2.34. The minimum atomic E-state index is -1.20. The molecule has 0 aliphatic heterocycles. The molecule has 0 aromatic heterocycles. The zero-order chi connectivity index (χ0) is 7.44. The third-order valence-corrected chi connectivity index (χ3v) is 0.782. The smallest absolute Gasteiger partial charge is 0.308 e. The number of carbonyl (C=O) groups is 2. The van der Waals surface area contributed by atoms with Gasteiger partial charge >= 0.3 is 11.9 Å². The van der Waals surface area contributed by atoms with Crippen LogP contribution in [0.1, 0.15) is 6.92 Å². The first-order chi connectivity index (χ1) is 4.04. The molecular weight excluding hydrogens is 124 g/mol. The monoisotopic (exact) mass is 131 g/mol. The molecule has 0 fully saturated rings. The average molecular weight is 131 g/mol. The number of hydrogen-bond acceptors (Lipinski definition) is 2. The van der Waals surface area contributed by atoms with Crippen molar-refractivity contribution in [1.29, 1.82) is 0 Å². The molecule has 0 saturated carbocycles. The fourth-order valence-corrected chi connectivity index (χ4v) is 0.285. The van der Waals surface area contributed by atoms with Gasteiger partial charge in [-0.05, 0) is 0 Å². The van der Waals surface area contributed by atoms with Gasteiger partial charge in [0.05, 0.1) is 12.3 Å². The van der Waals surface area contributed by atoms with E-state index in [1.54, 1.807) is 0 Å². The van der Waals surface area contributed by atoms with Crippen LogP contribution >= 0.6 is 0 Å². The Labute approximate surface area is 52.1 Å². The third-order valence-electron chi connectivity index (χ3n) is 0.782. The van der Waals surface area contributed by atoms with Crippen LogP contribution in [-0.2, 0) is 9.59 Å². The Bertz CT molecular complexity index is 129. The molecule has 0 aliphatic carbocycles. The largest absolute Gasteiger partial charge is 0.481 e. The lowest BCUT2D eigenvalue weighted by Crippen LogP contribution is -2.14. The molecule has 0 spiro atoms. The second-order valence-corrected chi connectivity index (χ2v) is 1.63. The van der Waals surface area contributed by atoms with Gasteiger partial charge in [0, 0.05) is 0 Å². The van der Waals surface area contributed by atoms with E-state index in [1.807, 2.05) is 0 Å². The Balaban J connectivity index is 3.63. The van der Waals surface area contributed by atoms with E-state index in [1.165, 1.54) is 6.92 Å². The molecule has 0 saturated heterocycles. The molecule has 2 N–H and O–H groups in total. The van der Waals surface area contributed by atoms with Crippen LogP contribution in [0.5, 0.6) is 0 Å². The second kappa shape index (κ2) is 3.06. The lowest BCUT2D eigenvalue weighted by molar-refractivity contribution is -0.143. The van der Waals surface area contributed by atoms with Gasteiger partial charge in [0.15, 0.2) is 0 Å². The molecule has 51 valence electrons. The van der Waals surface area contributed by atoms with E-state index in [-0.39, 0.29) is 0 Å². The van der Waals surface area contributed by atoms with Gasteiger partial charge < -0.3 is 10.2 Å². The summed E-state index contributed by atoms with van der Waals surface area (Å²) in [6, 6.07) is 0. The van der Waals surface area contributed by atoms with Crippen LogP contribution in [0.25, 0.3) is 0 Å². The number of hydrogen-bond donors (Lipinski definition) is 2. The Morgan fingerprint density at radius 1 is 1.44 bits per heavy atom. The fourth-order valence-electron chi connectivity index (χ4n) is 0.285. The summed E-state index contributed by atoms with van der Waals surface area (Å²) in [5.74, 6) is -3.25. The highest BCUT2D eigenvalue weighted by Gasteiger charge is 2.14. The van der Waals surface area contributed by atoms with Crippen molar-refractivity contribution >= 4 is 11.9 Å². The minimum absolute atomic E-state index is 0.725. The molecule has 4 heteroatoms. The molecule has 4 nitrogen and oxygen atoms in total. The van der Waals surface area contributed by atoms with Crippen molar-refractivity contribution in [3.63, 3.8) is 0 Å². The van der Waals surface area contributed by atoms with Crippen molar-refractivity contribution in [2.75, 3.05) is 0 Å². The van der Waals surface area contributed by atoms with E-state index in [9.17, 15) is 9.59 Å². The van der Waals surface area contributed by atoms with Crippen molar-refractivity contribution in [2.24, 2.45) is 5.92 Å². The van der Waals surface area contributed by atoms with Gasteiger partial charge in [-0.25, -0.2) is 0 Å². The highest BCUT2D eigenvalue weighted by Crippen LogP contribution is 1.98. The Morgan fingerprint density at radius 3 is 2.00 bits per heavy atom. The standard InChI is InChI=1S/C5H7O4/c1-3(5(8)9)2-4(6)7/h2-3H,1H3,(H,6,7)(H,8,9). The van der Waals surface area contributed by atoms with Gasteiger partial charge in [0.25, 0.3) is 0 Å². The van der Waals surface area contributed by atoms with Gasteiger partial charge in [-0.15, -0.1) is 0 Å². The molecule has 0 aromatic rings. The average Bonchev–Trinajstić information content (AvgIpc) is 1.63. The molecule has 0 bridgehead atoms. The van der Waals surface area contributed by atoms with E-state index in [0.717, 1.165) is 6.42 Å². The van der Waals surface area contributed by atoms with E-state index >= 15 is 0 Å². The van der Waals surface area contributed by atoms with Crippen LogP contribution in [0, 0.1) is 12.3 Å². The van der Waals surface area contributed by atoms with Crippen molar-refractivity contribution in [1.82, 2.24) is 0 Å². The van der Waals surface area contributed by atoms with Gasteiger partial charge in [-0.1, -0.05) is 6.92 Å². The zero-order valence-corrected chi connectivity index (χ0v) is 4.87. The van der Waals surface area contributed by atoms with E-state index in [4.69, 9.17) is 10.2 Å². The number of rotatable bonds is 3. The predicted molar refractivity (Wildman–Crippen MR) is 28.7 cm³/mol. The van der Waals surface area contributed by atoms with Crippen LogP contribution in [-0.4, -0.2) is 22.2 Å². The van der Waals surface area contributed by atoms with Crippen LogP contribution < -0.4 is 0 Å². The summed E-state index contributed by atoms with van der Waals surface area (Å²) in [7, 11) is 0. The lowest BCUT2D eigenvalue weighted by Gasteiger charge is -1.97. The summed E-state index contributed by atoms with van der Waals surface area (Å²) in [6.45, 7) is 1.30. The van der Waals surface area contributed by atoms with Crippen LogP contribution in [0.2, 0.25) is 0 Å². The molecule has 0 amide bonds.